The number of nitrogens with zero attached hydrogens (tertiary/aromatic N) is 3. The summed E-state index contributed by atoms with van der Waals surface area (Å²) in [5.41, 5.74) is 0.275. The van der Waals surface area contributed by atoms with Gasteiger partial charge >= 0.3 is 0 Å². The lowest BCUT2D eigenvalue weighted by molar-refractivity contribution is 1.01. The van der Waals surface area contributed by atoms with E-state index in [4.69, 9.17) is 7.85 Å². The predicted molar refractivity (Wildman–Crippen MR) is 30.0 cm³/mol. The maximum atomic E-state index is 5.20. The Bertz CT molecular complexity index is 171. The summed E-state index contributed by atoms with van der Waals surface area (Å²) in [5.74, 6) is 0.650. The van der Waals surface area contributed by atoms with Gasteiger partial charge in [0.05, 0.1) is 5.72 Å². The van der Waals surface area contributed by atoms with Gasteiger partial charge in [-0.05, 0) is 6.92 Å². The second-order valence-corrected chi connectivity index (χ2v) is 1.39. The van der Waals surface area contributed by atoms with Gasteiger partial charge in [0, 0.05) is 0 Å². The van der Waals surface area contributed by atoms with Crippen LogP contribution in [0.2, 0.25) is 0 Å². The minimum absolute atomic E-state index is 0.275. The summed E-state index contributed by atoms with van der Waals surface area (Å²) in [6, 6.07) is 0. The van der Waals surface area contributed by atoms with Crippen molar-refractivity contribution in [1.29, 1.82) is 0 Å². The molecule has 3 nitrogen and oxygen atoms in total. The van der Waals surface area contributed by atoms with Crippen molar-refractivity contribution in [2.24, 2.45) is 0 Å². The molecule has 0 atom stereocenters. The molecule has 0 aliphatic heterocycles. The van der Waals surface area contributed by atoms with E-state index >= 15 is 0 Å². The average Bonchev–Trinajstić information content (AvgIpc) is 1.64. The van der Waals surface area contributed by atoms with Crippen LogP contribution in [0.4, 0.5) is 0 Å². The molecule has 0 spiro atoms. The van der Waals surface area contributed by atoms with E-state index in [-0.39, 0.29) is 5.72 Å². The Balaban J connectivity index is 3.08. The summed E-state index contributed by atoms with van der Waals surface area (Å²) >= 11 is 0. The molecule has 1 heterocycles. The first-order valence-corrected chi connectivity index (χ1v) is 2.20. The topological polar surface area (TPSA) is 38.7 Å². The van der Waals surface area contributed by atoms with Crippen molar-refractivity contribution in [1.82, 2.24) is 15.0 Å². The van der Waals surface area contributed by atoms with Gasteiger partial charge in [0.1, 0.15) is 12.2 Å². The van der Waals surface area contributed by atoms with E-state index in [1.807, 2.05) is 0 Å². The van der Waals surface area contributed by atoms with Gasteiger partial charge in [-0.25, -0.2) is 15.0 Å². The molecule has 0 aromatic carbocycles. The molecule has 0 amide bonds. The summed E-state index contributed by atoms with van der Waals surface area (Å²) < 4.78 is 0. The molecular weight excluding hydrogens is 101 g/mol. The van der Waals surface area contributed by atoms with Crippen LogP contribution in [0, 0.1) is 6.92 Å². The summed E-state index contributed by atoms with van der Waals surface area (Å²) in [7, 11) is 5.20. The normalized spacial score (nSPS) is 9.12. The van der Waals surface area contributed by atoms with Gasteiger partial charge in [0.15, 0.2) is 7.85 Å². The second-order valence-electron chi connectivity index (χ2n) is 1.39. The number of hydrogen-bond donors (Lipinski definition) is 0. The van der Waals surface area contributed by atoms with E-state index in [2.05, 4.69) is 15.0 Å². The Labute approximate surface area is 48.6 Å². The fourth-order valence-corrected chi connectivity index (χ4v) is 0.395. The van der Waals surface area contributed by atoms with E-state index in [1.165, 1.54) is 6.33 Å². The molecule has 1 rings (SSSR count). The van der Waals surface area contributed by atoms with Crippen molar-refractivity contribution in [3.05, 3.63) is 12.2 Å². The molecule has 0 fully saturated rings. The molecule has 4 heteroatoms. The van der Waals surface area contributed by atoms with Crippen LogP contribution in [0.3, 0.4) is 0 Å². The molecule has 8 heavy (non-hydrogen) atoms. The van der Waals surface area contributed by atoms with E-state index in [0.29, 0.717) is 5.82 Å². The lowest BCUT2D eigenvalue weighted by Crippen LogP contribution is -2.14. The van der Waals surface area contributed by atoms with Gasteiger partial charge in [0.25, 0.3) is 0 Å². The third-order valence-electron chi connectivity index (χ3n) is 0.711. The van der Waals surface area contributed by atoms with Gasteiger partial charge in [-0.3, -0.25) is 0 Å². The summed E-state index contributed by atoms with van der Waals surface area (Å²) in [6.07, 6.45) is 1.39. The van der Waals surface area contributed by atoms with Crippen LogP contribution in [0.25, 0.3) is 0 Å². The molecule has 0 aliphatic carbocycles. The lowest BCUT2D eigenvalue weighted by atomic mass is 10.1. The SMILES string of the molecule is [B]c1ncnc(C)n1. The van der Waals surface area contributed by atoms with E-state index in [1.54, 1.807) is 6.92 Å². The lowest BCUT2D eigenvalue weighted by Gasteiger charge is -1.88. The highest BCUT2D eigenvalue weighted by atomic mass is 15.0. The zero-order chi connectivity index (χ0) is 5.98. The molecule has 0 aliphatic rings. The Morgan fingerprint density at radius 3 is 2.62 bits per heavy atom. The predicted octanol–water partition coefficient (Wildman–Crippen LogP) is -1.03. The monoisotopic (exact) mass is 105 g/mol. The average molecular weight is 105 g/mol. The van der Waals surface area contributed by atoms with E-state index in [0.717, 1.165) is 0 Å². The molecule has 0 saturated heterocycles. The van der Waals surface area contributed by atoms with Gasteiger partial charge in [-0.1, -0.05) is 0 Å². The highest BCUT2D eigenvalue weighted by molar-refractivity contribution is 6.28. The van der Waals surface area contributed by atoms with Gasteiger partial charge in [0.2, 0.25) is 0 Å². The quantitative estimate of drug-likeness (QED) is 0.396. The Hall–Kier alpha value is -0.925. The van der Waals surface area contributed by atoms with Crippen LogP contribution >= 0.6 is 0 Å². The second kappa shape index (κ2) is 1.90. The van der Waals surface area contributed by atoms with E-state index in [9.17, 15) is 0 Å². The molecule has 0 unspecified atom stereocenters. The molecule has 0 saturated carbocycles. The van der Waals surface area contributed by atoms with Crippen LogP contribution in [-0.2, 0) is 0 Å². The molecule has 38 valence electrons. The van der Waals surface area contributed by atoms with Crippen LogP contribution < -0.4 is 5.72 Å². The standard InChI is InChI=1S/C4H4BN3/c1-3-6-2-7-4(5)8-3/h2H,1H3. The highest BCUT2D eigenvalue weighted by Crippen LogP contribution is 1.72. The highest BCUT2D eigenvalue weighted by Gasteiger charge is 1.84. The van der Waals surface area contributed by atoms with Crippen molar-refractivity contribution in [2.75, 3.05) is 0 Å². The summed E-state index contributed by atoms with van der Waals surface area (Å²) in [6.45, 7) is 1.76. The first kappa shape index (κ1) is 5.22. The fraction of sp³-hybridized carbons (Fsp3) is 0.250. The number of rotatable bonds is 0. The molecule has 2 radical (unpaired) electrons. The van der Waals surface area contributed by atoms with E-state index < -0.39 is 0 Å². The van der Waals surface area contributed by atoms with Crippen molar-refractivity contribution in [3.8, 4) is 0 Å². The zero-order valence-corrected chi connectivity index (χ0v) is 4.50. The first-order valence-electron chi connectivity index (χ1n) is 2.20. The Morgan fingerprint density at radius 2 is 2.25 bits per heavy atom. The van der Waals surface area contributed by atoms with Crippen LogP contribution in [0.5, 0.6) is 0 Å². The third-order valence-corrected chi connectivity index (χ3v) is 0.711. The van der Waals surface area contributed by atoms with Crippen molar-refractivity contribution in [3.63, 3.8) is 0 Å². The maximum Gasteiger partial charge on any atom is 0.170 e. The number of aryl methyl sites for hydroxylation is 1. The largest absolute Gasteiger partial charge is 0.234 e. The van der Waals surface area contributed by atoms with Crippen molar-refractivity contribution >= 4 is 13.6 Å². The molecule has 1 aromatic heterocycles. The van der Waals surface area contributed by atoms with Crippen molar-refractivity contribution < 1.29 is 0 Å². The zero-order valence-electron chi connectivity index (χ0n) is 4.50. The minimum Gasteiger partial charge on any atom is -0.234 e. The summed E-state index contributed by atoms with van der Waals surface area (Å²) in [5, 5.41) is 0. The minimum atomic E-state index is 0.275. The van der Waals surface area contributed by atoms with Crippen molar-refractivity contribution in [2.45, 2.75) is 6.92 Å². The molecular formula is C4H4BN3. The van der Waals surface area contributed by atoms with Crippen LogP contribution in [0.15, 0.2) is 6.33 Å². The Kier molecular flexibility index (Phi) is 1.24. The fourth-order valence-electron chi connectivity index (χ4n) is 0.395. The third kappa shape index (κ3) is 1.02. The summed E-state index contributed by atoms with van der Waals surface area (Å²) in [4.78, 5) is 11.1. The molecule has 0 N–H and O–H groups in total. The Morgan fingerprint density at radius 1 is 1.50 bits per heavy atom. The number of aromatic nitrogens is 3. The van der Waals surface area contributed by atoms with Gasteiger partial charge in [-0.2, -0.15) is 0 Å². The smallest absolute Gasteiger partial charge is 0.170 e. The van der Waals surface area contributed by atoms with Gasteiger partial charge < -0.3 is 0 Å². The maximum absolute atomic E-state index is 5.20. The van der Waals surface area contributed by atoms with Crippen LogP contribution in [0.1, 0.15) is 5.82 Å². The molecule has 0 bridgehead atoms. The molecule has 1 aromatic rings. The first-order chi connectivity index (χ1) is 3.79. The van der Waals surface area contributed by atoms with Gasteiger partial charge in [-0.15, -0.1) is 0 Å². The number of hydrogen-bond acceptors (Lipinski definition) is 3. The van der Waals surface area contributed by atoms with Crippen LogP contribution in [-0.4, -0.2) is 22.8 Å².